The average molecular weight is 420 g/mol. The van der Waals surface area contributed by atoms with Crippen LogP contribution in [-0.2, 0) is 0 Å². The van der Waals surface area contributed by atoms with Gasteiger partial charge in [0, 0.05) is 16.0 Å². The van der Waals surface area contributed by atoms with Gasteiger partial charge in [-0.15, -0.1) is 11.3 Å². The lowest BCUT2D eigenvalue weighted by molar-refractivity contribution is 0.104. The van der Waals surface area contributed by atoms with Crippen LogP contribution in [0.25, 0.3) is 32.3 Å². The first-order valence-electron chi connectivity index (χ1n) is 10.2. The Bertz CT molecular complexity index is 1400. The zero-order valence-corrected chi connectivity index (χ0v) is 17.9. The summed E-state index contributed by atoms with van der Waals surface area (Å²) >= 11 is 1.48. The fourth-order valence-electron chi connectivity index (χ4n) is 3.94. The molecule has 0 fully saturated rings. The Morgan fingerprint density at radius 3 is 2.16 bits per heavy atom. The van der Waals surface area contributed by atoms with Gasteiger partial charge >= 0.3 is 0 Å². The van der Waals surface area contributed by atoms with Crippen molar-refractivity contribution in [3.05, 3.63) is 114 Å². The second-order valence-electron chi connectivity index (χ2n) is 7.67. The summed E-state index contributed by atoms with van der Waals surface area (Å²) in [6.07, 6.45) is 0. The number of ketones is 1. The van der Waals surface area contributed by atoms with E-state index >= 15 is 0 Å². The molecule has 0 spiro atoms. The van der Waals surface area contributed by atoms with Crippen LogP contribution in [0.2, 0.25) is 0 Å². The molecule has 150 valence electrons. The van der Waals surface area contributed by atoms with Crippen molar-refractivity contribution in [2.24, 2.45) is 0 Å². The van der Waals surface area contributed by atoms with Gasteiger partial charge in [0.05, 0.1) is 10.6 Å². The van der Waals surface area contributed by atoms with Crippen molar-refractivity contribution in [2.45, 2.75) is 6.92 Å². The minimum Gasteiger partial charge on any atom is -0.390 e. The van der Waals surface area contributed by atoms with Gasteiger partial charge in [0.1, 0.15) is 0 Å². The maximum absolute atomic E-state index is 13.7. The van der Waals surface area contributed by atoms with E-state index in [1.807, 2.05) is 60.7 Å². The summed E-state index contributed by atoms with van der Waals surface area (Å²) < 4.78 is 0. The third-order valence-electron chi connectivity index (χ3n) is 5.55. The summed E-state index contributed by atoms with van der Waals surface area (Å²) in [4.78, 5) is 14.8. The van der Waals surface area contributed by atoms with Crippen LogP contribution in [0, 0.1) is 6.92 Å². The number of hydrogen-bond donors (Lipinski definition) is 1. The lowest BCUT2D eigenvalue weighted by Gasteiger charge is -2.10. The molecule has 0 aliphatic heterocycles. The molecule has 5 rings (SSSR count). The van der Waals surface area contributed by atoms with Crippen LogP contribution in [0.3, 0.4) is 0 Å². The number of nitrogen functional groups attached to an aromatic ring is 1. The zero-order valence-electron chi connectivity index (χ0n) is 17.1. The number of fused-ring (bicyclic) bond motifs is 1. The summed E-state index contributed by atoms with van der Waals surface area (Å²) in [5, 5.41) is 2.70. The first-order valence-corrected chi connectivity index (χ1v) is 11.0. The highest BCUT2D eigenvalue weighted by Gasteiger charge is 2.25. The lowest BCUT2D eigenvalue weighted by Crippen LogP contribution is -2.05. The molecular weight excluding hydrogens is 398 g/mol. The zero-order chi connectivity index (χ0) is 21.4. The van der Waals surface area contributed by atoms with Gasteiger partial charge in [-0.3, -0.25) is 4.79 Å². The predicted octanol–water partition coefficient (Wildman–Crippen LogP) is 7.36. The van der Waals surface area contributed by atoms with Gasteiger partial charge in [-0.25, -0.2) is 0 Å². The Labute approximate surface area is 185 Å². The van der Waals surface area contributed by atoms with Gasteiger partial charge < -0.3 is 5.73 Å². The molecule has 0 saturated heterocycles. The second kappa shape index (κ2) is 7.86. The van der Waals surface area contributed by atoms with Crippen molar-refractivity contribution in [1.82, 2.24) is 0 Å². The van der Waals surface area contributed by atoms with Gasteiger partial charge in [0.2, 0.25) is 0 Å². The fraction of sp³-hybridized carbons (Fsp3) is 0.0357. The smallest absolute Gasteiger partial charge is 0.196 e. The van der Waals surface area contributed by atoms with E-state index in [1.165, 1.54) is 16.9 Å². The first-order chi connectivity index (χ1) is 15.1. The Morgan fingerprint density at radius 2 is 1.42 bits per heavy atom. The molecule has 0 bridgehead atoms. The highest BCUT2D eigenvalue weighted by molar-refractivity contribution is 7.20. The number of carbonyl (C=O) groups is 1. The quantitative estimate of drug-likeness (QED) is 0.309. The molecule has 4 aromatic carbocycles. The Morgan fingerprint density at radius 1 is 0.742 bits per heavy atom. The van der Waals surface area contributed by atoms with Gasteiger partial charge in [-0.1, -0.05) is 96.6 Å². The molecule has 0 amide bonds. The molecule has 0 aliphatic rings. The van der Waals surface area contributed by atoms with Crippen molar-refractivity contribution in [1.29, 1.82) is 0 Å². The van der Waals surface area contributed by atoms with E-state index in [9.17, 15) is 4.79 Å². The minimum absolute atomic E-state index is 0.0442. The van der Waals surface area contributed by atoms with E-state index in [2.05, 4.69) is 43.3 Å². The maximum Gasteiger partial charge on any atom is 0.196 e. The monoisotopic (exact) mass is 419 g/mol. The third-order valence-corrected chi connectivity index (χ3v) is 6.62. The largest absolute Gasteiger partial charge is 0.390 e. The molecule has 0 radical (unpaired) electrons. The molecule has 1 aromatic heterocycles. The molecule has 2 N–H and O–H groups in total. The van der Waals surface area contributed by atoms with E-state index in [1.54, 1.807) is 0 Å². The van der Waals surface area contributed by atoms with Crippen LogP contribution >= 0.6 is 11.3 Å². The van der Waals surface area contributed by atoms with E-state index in [0.29, 0.717) is 16.1 Å². The number of anilines is 1. The van der Waals surface area contributed by atoms with Crippen molar-refractivity contribution < 1.29 is 4.79 Å². The highest BCUT2D eigenvalue weighted by Crippen LogP contribution is 2.45. The molecular formula is C28H21NOS. The van der Waals surface area contributed by atoms with Gasteiger partial charge in [-0.2, -0.15) is 0 Å². The maximum atomic E-state index is 13.7. The van der Waals surface area contributed by atoms with Crippen LogP contribution in [0.15, 0.2) is 97.1 Å². The summed E-state index contributed by atoms with van der Waals surface area (Å²) in [5.74, 6) is -0.0442. The van der Waals surface area contributed by atoms with Crippen molar-refractivity contribution in [3.8, 4) is 21.6 Å². The second-order valence-corrected chi connectivity index (χ2v) is 8.72. The van der Waals surface area contributed by atoms with Gasteiger partial charge in [-0.05, 0) is 34.9 Å². The number of nitrogens with two attached hydrogens (primary N) is 1. The predicted molar refractivity (Wildman–Crippen MR) is 132 cm³/mol. The molecule has 31 heavy (non-hydrogen) atoms. The number of thiophene rings is 1. The lowest BCUT2D eigenvalue weighted by atomic mass is 9.92. The van der Waals surface area contributed by atoms with E-state index in [-0.39, 0.29) is 5.78 Å². The van der Waals surface area contributed by atoms with Gasteiger partial charge in [0.15, 0.2) is 5.78 Å². The summed E-state index contributed by atoms with van der Waals surface area (Å²) in [6, 6.07) is 32.3. The van der Waals surface area contributed by atoms with E-state index in [4.69, 9.17) is 5.73 Å². The number of aryl methyl sites for hydroxylation is 1. The standard InChI is InChI=1S/C28H21NOS/c1-18-11-13-20(14-12-18)24-25(28(29)31-27(24)21-8-3-2-4-9-21)26(30)23-16-15-19-7-5-6-10-22(19)17-23/h2-17H,29H2,1H3. The van der Waals surface area contributed by atoms with Crippen LogP contribution in [0.5, 0.6) is 0 Å². The fourth-order valence-corrected chi connectivity index (χ4v) is 5.03. The molecule has 3 heteroatoms. The van der Waals surface area contributed by atoms with Crippen LogP contribution < -0.4 is 5.73 Å². The number of rotatable bonds is 4. The van der Waals surface area contributed by atoms with Crippen LogP contribution in [-0.4, -0.2) is 5.78 Å². The highest BCUT2D eigenvalue weighted by atomic mass is 32.1. The Hall–Kier alpha value is -3.69. The molecule has 2 nitrogen and oxygen atoms in total. The average Bonchev–Trinajstić information content (AvgIpc) is 3.16. The van der Waals surface area contributed by atoms with E-state index < -0.39 is 0 Å². The van der Waals surface area contributed by atoms with Gasteiger partial charge in [0.25, 0.3) is 0 Å². The van der Waals surface area contributed by atoms with Crippen molar-refractivity contribution in [3.63, 3.8) is 0 Å². The first kappa shape index (κ1) is 19.3. The number of benzene rings is 4. The Kier molecular flexibility index (Phi) is 4.89. The summed E-state index contributed by atoms with van der Waals surface area (Å²) in [6.45, 7) is 2.06. The normalized spacial score (nSPS) is 11.0. The van der Waals surface area contributed by atoms with Crippen molar-refractivity contribution >= 4 is 32.9 Å². The molecule has 0 aliphatic carbocycles. The SMILES string of the molecule is Cc1ccc(-c2c(-c3ccccc3)sc(N)c2C(=O)c2ccc3ccccc3c2)cc1. The number of hydrogen-bond acceptors (Lipinski definition) is 3. The minimum atomic E-state index is -0.0442. The third kappa shape index (κ3) is 3.54. The molecule has 0 saturated carbocycles. The molecule has 0 atom stereocenters. The topological polar surface area (TPSA) is 43.1 Å². The molecule has 0 unspecified atom stereocenters. The van der Waals surface area contributed by atoms with Crippen LogP contribution in [0.1, 0.15) is 21.5 Å². The van der Waals surface area contributed by atoms with Crippen LogP contribution in [0.4, 0.5) is 5.00 Å². The van der Waals surface area contributed by atoms with Crippen molar-refractivity contribution in [2.75, 3.05) is 5.73 Å². The summed E-state index contributed by atoms with van der Waals surface area (Å²) in [5.41, 5.74) is 11.9. The molecule has 1 heterocycles. The van der Waals surface area contributed by atoms with E-state index in [0.717, 1.165) is 32.3 Å². The summed E-state index contributed by atoms with van der Waals surface area (Å²) in [7, 11) is 0. The Balaban J connectivity index is 1.73. The molecule has 5 aromatic rings. The number of carbonyl (C=O) groups excluding carboxylic acids is 1.